The molecule has 0 spiro atoms. The van der Waals surface area contributed by atoms with Crippen molar-refractivity contribution < 1.29 is 33.8 Å². The van der Waals surface area contributed by atoms with Gasteiger partial charge in [0.2, 0.25) is 17.7 Å². The topological polar surface area (TPSA) is 138 Å². The largest absolute Gasteiger partial charge is 0.388 e. The Kier molecular flexibility index (Phi) is 18.2. The molecule has 10 atom stereocenters. The minimum Gasteiger partial charge on any atom is -0.388 e. The van der Waals surface area contributed by atoms with E-state index in [1.165, 1.54) is 0 Å². The van der Waals surface area contributed by atoms with Crippen molar-refractivity contribution in [2.24, 2.45) is 29.6 Å². The van der Waals surface area contributed by atoms with Gasteiger partial charge in [0, 0.05) is 40.2 Å². The number of ketones is 1. The highest BCUT2D eigenvalue weighted by Gasteiger charge is 2.43. The van der Waals surface area contributed by atoms with Gasteiger partial charge in [0.05, 0.1) is 42.9 Å². The summed E-state index contributed by atoms with van der Waals surface area (Å²) in [5.74, 6) is -1.50. The smallest absolute Gasteiger partial charge is 0.245 e. The van der Waals surface area contributed by atoms with Crippen LogP contribution in [0.4, 0.5) is 0 Å². The van der Waals surface area contributed by atoms with Gasteiger partial charge in [-0.25, -0.2) is 0 Å². The molecular weight excluding hydrogens is 648 g/mol. The first-order valence-corrected chi connectivity index (χ1v) is 18.9. The van der Waals surface area contributed by atoms with Gasteiger partial charge in [-0.1, -0.05) is 92.1 Å². The van der Waals surface area contributed by atoms with Gasteiger partial charge in [0.1, 0.15) is 11.8 Å². The molecule has 11 heteroatoms. The third-order valence-electron chi connectivity index (χ3n) is 11.0. The number of ether oxygens (including phenoxy) is 2. The van der Waals surface area contributed by atoms with E-state index in [4.69, 9.17) is 9.47 Å². The lowest BCUT2D eigenvalue weighted by Crippen LogP contribution is -2.59. The zero-order valence-corrected chi connectivity index (χ0v) is 33.3. The van der Waals surface area contributed by atoms with Crippen molar-refractivity contribution in [2.75, 3.05) is 34.9 Å². The van der Waals surface area contributed by atoms with Gasteiger partial charge >= 0.3 is 0 Å². The zero-order chi connectivity index (χ0) is 38.6. The van der Waals surface area contributed by atoms with Gasteiger partial charge in [-0.2, -0.15) is 0 Å². The van der Waals surface area contributed by atoms with E-state index >= 15 is 0 Å². The number of carbonyl (C=O) groups is 4. The number of aliphatic hydroxyl groups is 1. The standard InChI is InChI=1S/C40H68N4O7/c1-13-26(6)36(43(10)40(49)35(25(4)5)42-39(48)34(41-9)24(2)3)32(50-11)23-33(46)44-21-17-20-30(44)38(51-12)28(8)31(45)22-27(7)37(47)29-18-15-14-16-19-29/h14-16,18-19,24-28,30,32,34-38,41,47H,13,17,20-23H2,1-12H3,(H,42,48)/t26-,27-,28-,30-,32+,34-,35-,36-,37+,38+/m0/s1. The summed E-state index contributed by atoms with van der Waals surface area (Å²) < 4.78 is 12.0. The van der Waals surface area contributed by atoms with Crippen LogP contribution in [0, 0.1) is 29.6 Å². The average molecular weight is 717 g/mol. The Hall–Kier alpha value is -2.86. The molecule has 2 rings (SSSR count). The average Bonchev–Trinajstić information content (AvgIpc) is 3.59. The van der Waals surface area contributed by atoms with Crippen LogP contribution < -0.4 is 10.6 Å². The molecule has 0 aromatic heterocycles. The summed E-state index contributed by atoms with van der Waals surface area (Å²) in [5, 5.41) is 16.9. The molecule has 0 bridgehead atoms. The molecular formula is C40H68N4O7. The third-order valence-corrected chi connectivity index (χ3v) is 11.0. The fourth-order valence-electron chi connectivity index (χ4n) is 7.68. The number of hydrogen-bond acceptors (Lipinski definition) is 8. The van der Waals surface area contributed by atoms with Crippen LogP contribution in [0.5, 0.6) is 0 Å². The predicted octanol–water partition coefficient (Wildman–Crippen LogP) is 4.62. The number of Topliss-reactive ketones (excluding diaryl/α,β-unsaturated/α-hetero) is 1. The number of nitrogens with zero attached hydrogens (tertiary/aromatic N) is 2. The summed E-state index contributed by atoms with van der Waals surface area (Å²) in [4.78, 5) is 58.5. The van der Waals surface area contributed by atoms with Crippen LogP contribution in [0.2, 0.25) is 0 Å². The van der Waals surface area contributed by atoms with E-state index in [1.54, 1.807) is 33.2 Å². The minimum absolute atomic E-state index is 0.00657. The van der Waals surface area contributed by atoms with Crippen LogP contribution in [-0.2, 0) is 28.7 Å². The Labute approximate surface area is 307 Å². The lowest BCUT2D eigenvalue weighted by molar-refractivity contribution is -0.147. The van der Waals surface area contributed by atoms with Crippen molar-refractivity contribution in [3.8, 4) is 0 Å². The number of likely N-dealkylation sites (tertiary alicyclic amines) is 1. The number of nitrogens with one attached hydrogen (secondary N) is 2. The van der Waals surface area contributed by atoms with Crippen LogP contribution in [0.1, 0.15) is 99.2 Å². The van der Waals surface area contributed by atoms with Crippen molar-refractivity contribution in [3.05, 3.63) is 35.9 Å². The number of aliphatic hydroxyl groups excluding tert-OH is 1. The Morgan fingerprint density at radius 2 is 1.53 bits per heavy atom. The fraction of sp³-hybridized carbons (Fsp3) is 0.750. The summed E-state index contributed by atoms with van der Waals surface area (Å²) in [6.45, 7) is 16.1. The van der Waals surface area contributed by atoms with E-state index in [1.807, 2.05) is 90.6 Å². The molecule has 51 heavy (non-hydrogen) atoms. The van der Waals surface area contributed by atoms with Crippen molar-refractivity contribution >= 4 is 23.5 Å². The van der Waals surface area contributed by atoms with Gasteiger partial charge < -0.3 is 35.0 Å². The Morgan fingerprint density at radius 3 is 2.04 bits per heavy atom. The SMILES string of the molecule is CC[C@H](C)[C@@H]([C@@H](CC(=O)N1CCC[C@H]1[C@H](OC)[C@@H](C)C(=O)C[C@H](C)[C@@H](O)c1ccccc1)OC)N(C)C(=O)[C@@H](NC(=O)[C@@H](NC)C(C)C)C(C)C. The minimum atomic E-state index is -0.764. The normalized spacial score (nSPS) is 20.2. The van der Waals surface area contributed by atoms with E-state index in [-0.39, 0.29) is 66.1 Å². The van der Waals surface area contributed by atoms with Gasteiger partial charge in [-0.15, -0.1) is 0 Å². The van der Waals surface area contributed by atoms with E-state index in [0.29, 0.717) is 13.0 Å². The van der Waals surface area contributed by atoms with E-state index in [0.717, 1.165) is 18.4 Å². The van der Waals surface area contributed by atoms with Crippen molar-refractivity contribution in [1.29, 1.82) is 0 Å². The fourth-order valence-corrected chi connectivity index (χ4v) is 7.68. The number of carbonyl (C=O) groups excluding carboxylic acids is 4. The second-order valence-electron chi connectivity index (χ2n) is 15.3. The highest BCUT2D eigenvalue weighted by molar-refractivity contribution is 5.90. The maximum absolute atomic E-state index is 14.1. The molecule has 1 aliphatic heterocycles. The zero-order valence-electron chi connectivity index (χ0n) is 33.3. The van der Waals surface area contributed by atoms with Gasteiger partial charge in [0.25, 0.3) is 0 Å². The molecule has 11 nitrogen and oxygen atoms in total. The number of methoxy groups -OCH3 is 2. The van der Waals surface area contributed by atoms with E-state index in [9.17, 15) is 24.3 Å². The maximum atomic E-state index is 14.1. The van der Waals surface area contributed by atoms with Gasteiger partial charge in [-0.05, 0) is 49.1 Å². The quantitative estimate of drug-likeness (QED) is 0.168. The van der Waals surface area contributed by atoms with Gasteiger partial charge in [-0.3, -0.25) is 19.2 Å². The van der Waals surface area contributed by atoms with Crippen LogP contribution in [0.15, 0.2) is 30.3 Å². The van der Waals surface area contributed by atoms with Crippen molar-refractivity contribution in [3.63, 3.8) is 0 Å². The second-order valence-corrected chi connectivity index (χ2v) is 15.3. The lowest BCUT2D eigenvalue weighted by atomic mass is 9.85. The molecule has 1 aromatic carbocycles. The van der Waals surface area contributed by atoms with E-state index in [2.05, 4.69) is 10.6 Å². The Bertz CT molecular complexity index is 1240. The Morgan fingerprint density at radius 1 is 0.922 bits per heavy atom. The molecule has 0 aliphatic carbocycles. The first-order valence-electron chi connectivity index (χ1n) is 18.9. The molecule has 1 saturated heterocycles. The third kappa shape index (κ3) is 11.6. The number of likely N-dealkylation sites (N-methyl/N-ethyl adjacent to an activating group) is 2. The van der Waals surface area contributed by atoms with Crippen LogP contribution >= 0.6 is 0 Å². The number of amides is 3. The highest BCUT2D eigenvalue weighted by Crippen LogP contribution is 2.32. The molecule has 0 saturated carbocycles. The van der Waals surface area contributed by atoms with Gasteiger partial charge in [0.15, 0.2) is 0 Å². The van der Waals surface area contributed by atoms with E-state index < -0.39 is 42.4 Å². The molecule has 3 amide bonds. The summed E-state index contributed by atoms with van der Waals surface area (Å²) in [6.07, 6.45) is 0.590. The first kappa shape index (κ1) is 44.3. The first-order chi connectivity index (χ1) is 24.0. The number of hydrogen-bond donors (Lipinski definition) is 3. The summed E-state index contributed by atoms with van der Waals surface area (Å²) in [5.41, 5.74) is 0.773. The van der Waals surface area contributed by atoms with Crippen LogP contribution in [-0.4, -0.2) is 110 Å². The van der Waals surface area contributed by atoms with Crippen LogP contribution in [0.3, 0.4) is 0 Å². The molecule has 290 valence electrons. The van der Waals surface area contributed by atoms with Crippen molar-refractivity contribution in [2.45, 2.75) is 130 Å². The summed E-state index contributed by atoms with van der Waals surface area (Å²) in [6, 6.07) is 7.42. The molecule has 1 fully saturated rings. The molecule has 1 aliphatic rings. The second kappa shape index (κ2) is 21.0. The molecule has 1 aromatic rings. The molecule has 3 N–H and O–H groups in total. The Balaban J connectivity index is 2.24. The lowest BCUT2D eigenvalue weighted by Gasteiger charge is -2.41. The maximum Gasteiger partial charge on any atom is 0.245 e. The molecule has 1 heterocycles. The molecule has 0 unspecified atom stereocenters. The van der Waals surface area contributed by atoms with Crippen LogP contribution in [0.25, 0.3) is 0 Å². The number of benzene rings is 1. The number of rotatable bonds is 21. The molecule has 0 radical (unpaired) electrons. The summed E-state index contributed by atoms with van der Waals surface area (Å²) >= 11 is 0. The summed E-state index contributed by atoms with van der Waals surface area (Å²) in [7, 11) is 6.62. The monoisotopic (exact) mass is 717 g/mol. The predicted molar refractivity (Wildman–Crippen MR) is 201 cm³/mol. The van der Waals surface area contributed by atoms with Crippen molar-refractivity contribution in [1.82, 2.24) is 20.4 Å². The highest BCUT2D eigenvalue weighted by atomic mass is 16.5.